The van der Waals surface area contributed by atoms with Crippen LogP contribution in [0.25, 0.3) is 0 Å². The molecule has 0 aliphatic carbocycles. The summed E-state index contributed by atoms with van der Waals surface area (Å²) in [6.07, 6.45) is 0.770. The summed E-state index contributed by atoms with van der Waals surface area (Å²) in [5, 5.41) is 8.95. The summed E-state index contributed by atoms with van der Waals surface area (Å²) < 4.78 is 0. The van der Waals surface area contributed by atoms with Crippen molar-refractivity contribution >= 4 is 0 Å². The van der Waals surface area contributed by atoms with Gasteiger partial charge in [0.15, 0.2) is 0 Å². The Labute approximate surface area is 62.8 Å². The van der Waals surface area contributed by atoms with E-state index in [1.165, 1.54) is 0 Å². The molecule has 3 heteroatoms. The van der Waals surface area contributed by atoms with Crippen molar-refractivity contribution in [3.8, 4) is 0 Å². The number of hydrogen-bond donors (Lipinski definition) is 2. The fourth-order valence-electron chi connectivity index (χ4n) is 0.904. The molecule has 0 saturated carbocycles. The third-order valence-corrected chi connectivity index (χ3v) is 1.32. The summed E-state index contributed by atoms with van der Waals surface area (Å²) in [4.78, 5) is 2.08. The van der Waals surface area contributed by atoms with Crippen molar-refractivity contribution in [2.45, 2.75) is 19.4 Å². The van der Waals surface area contributed by atoms with Crippen LogP contribution in [0.1, 0.15) is 13.3 Å². The molecule has 0 radical (unpaired) electrons. The molecule has 0 bridgehead atoms. The Hall–Kier alpha value is -0.120. The highest BCUT2D eigenvalue weighted by Gasteiger charge is 2.00. The maximum Gasteiger partial charge on any atom is 0.0638 e. The predicted molar refractivity (Wildman–Crippen MR) is 42.8 cm³/mol. The van der Waals surface area contributed by atoms with Gasteiger partial charge in [-0.2, -0.15) is 0 Å². The Balaban J connectivity index is 3.16. The Morgan fingerprint density at radius 2 is 2.20 bits per heavy atom. The number of hydrogen-bond acceptors (Lipinski definition) is 3. The minimum absolute atomic E-state index is 0.234. The van der Waals surface area contributed by atoms with Gasteiger partial charge in [-0.05, 0) is 33.5 Å². The van der Waals surface area contributed by atoms with E-state index in [9.17, 15) is 0 Å². The standard InChI is InChI=1S/C7H18N2O/c1-7(10)6-9(2)5-3-4-8/h7,10H,3-6,8H2,1-2H3/t7-/m0/s1. The monoisotopic (exact) mass is 146 g/mol. The van der Waals surface area contributed by atoms with E-state index in [4.69, 9.17) is 10.8 Å². The second kappa shape index (κ2) is 5.65. The minimum atomic E-state index is -0.234. The SMILES string of the molecule is C[C@H](O)CN(C)CCCN. The van der Waals surface area contributed by atoms with E-state index in [1.807, 2.05) is 7.05 Å². The van der Waals surface area contributed by atoms with Gasteiger partial charge in [0, 0.05) is 6.54 Å². The van der Waals surface area contributed by atoms with Gasteiger partial charge in [0.2, 0.25) is 0 Å². The summed E-state index contributed by atoms with van der Waals surface area (Å²) >= 11 is 0. The lowest BCUT2D eigenvalue weighted by atomic mass is 10.3. The number of likely N-dealkylation sites (N-methyl/N-ethyl adjacent to an activating group) is 1. The third kappa shape index (κ3) is 6.01. The van der Waals surface area contributed by atoms with Gasteiger partial charge in [-0.3, -0.25) is 0 Å². The van der Waals surface area contributed by atoms with Gasteiger partial charge in [0.1, 0.15) is 0 Å². The first-order valence-corrected chi connectivity index (χ1v) is 3.73. The molecule has 0 aliphatic rings. The largest absolute Gasteiger partial charge is 0.392 e. The molecule has 0 amide bonds. The normalized spacial score (nSPS) is 14.1. The first-order valence-electron chi connectivity index (χ1n) is 3.73. The molecule has 0 heterocycles. The maximum absolute atomic E-state index is 8.95. The summed E-state index contributed by atoms with van der Waals surface area (Å²) in [5.41, 5.74) is 5.32. The third-order valence-electron chi connectivity index (χ3n) is 1.32. The van der Waals surface area contributed by atoms with Crippen molar-refractivity contribution in [3.63, 3.8) is 0 Å². The lowest BCUT2D eigenvalue weighted by Gasteiger charge is -2.17. The summed E-state index contributed by atoms with van der Waals surface area (Å²) in [6, 6.07) is 0. The number of nitrogens with two attached hydrogens (primary N) is 1. The molecule has 62 valence electrons. The fraction of sp³-hybridized carbons (Fsp3) is 1.00. The van der Waals surface area contributed by atoms with Crippen molar-refractivity contribution in [1.82, 2.24) is 4.90 Å². The van der Waals surface area contributed by atoms with Crippen LogP contribution in [-0.4, -0.2) is 42.8 Å². The molecule has 0 saturated heterocycles. The zero-order valence-corrected chi connectivity index (χ0v) is 6.88. The lowest BCUT2D eigenvalue weighted by molar-refractivity contribution is 0.141. The predicted octanol–water partition coefficient (Wildman–Crippen LogP) is -0.352. The number of aliphatic hydroxyl groups is 1. The van der Waals surface area contributed by atoms with Crippen molar-refractivity contribution in [1.29, 1.82) is 0 Å². The molecule has 0 fully saturated rings. The Bertz CT molecular complexity index is 76.0. The topological polar surface area (TPSA) is 49.5 Å². The number of aliphatic hydroxyl groups excluding tert-OH is 1. The van der Waals surface area contributed by atoms with Crippen LogP contribution >= 0.6 is 0 Å². The first kappa shape index (κ1) is 9.88. The van der Waals surface area contributed by atoms with Crippen molar-refractivity contribution in [2.75, 3.05) is 26.7 Å². The van der Waals surface area contributed by atoms with Crippen LogP contribution in [0.4, 0.5) is 0 Å². The van der Waals surface area contributed by atoms with Crippen LogP contribution in [0.2, 0.25) is 0 Å². The Morgan fingerprint density at radius 1 is 1.60 bits per heavy atom. The van der Waals surface area contributed by atoms with Crippen LogP contribution in [0.15, 0.2) is 0 Å². The van der Waals surface area contributed by atoms with Gasteiger partial charge in [0.05, 0.1) is 6.10 Å². The maximum atomic E-state index is 8.95. The van der Waals surface area contributed by atoms with Gasteiger partial charge in [-0.25, -0.2) is 0 Å². The van der Waals surface area contributed by atoms with Crippen LogP contribution in [0.5, 0.6) is 0 Å². The quantitative estimate of drug-likeness (QED) is 0.557. The molecule has 0 aromatic carbocycles. The smallest absolute Gasteiger partial charge is 0.0638 e. The summed E-state index contributed by atoms with van der Waals surface area (Å²) in [5.74, 6) is 0. The van der Waals surface area contributed by atoms with Crippen LogP contribution in [-0.2, 0) is 0 Å². The molecular formula is C7H18N2O. The molecule has 0 aliphatic heterocycles. The summed E-state index contributed by atoms with van der Waals surface area (Å²) in [7, 11) is 1.99. The van der Waals surface area contributed by atoms with Gasteiger partial charge in [0.25, 0.3) is 0 Å². The Morgan fingerprint density at radius 3 is 2.60 bits per heavy atom. The molecular weight excluding hydrogens is 128 g/mol. The van der Waals surface area contributed by atoms with E-state index in [1.54, 1.807) is 6.92 Å². The van der Waals surface area contributed by atoms with Crippen molar-refractivity contribution < 1.29 is 5.11 Å². The second-order valence-corrected chi connectivity index (χ2v) is 2.75. The van der Waals surface area contributed by atoms with Crippen LogP contribution < -0.4 is 5.73 Å². The second-order valence-electron chi connectivity index (χ2n) is 2.75. The van der Waals surface area contributed by atoms with Gasteiger partial charge in [-0.1, -0.05) is 0 Å². The summed E-state index contributed by atoms with van der Waals surface area (Å²) in [6.45, 7) is 4.23. The van der Waals surface area contributed by atoms with Crippen LogP contribution in [0.3, 0.4) is 0 Å². The van der Waals surface area contributed by atoms with E-state index < -0.39 is 0 Å². The molecule has 1 atom stereocenters. The first-order chi connectivity index (χ1) is 4.66. The van der Waals surface area contributed by atoms with Crippen LogP contribution in [0, 0.1) is 0 Å². The minimum Gasteiger partial charge on any atom is -0.392 e. The lowest BCUT2D eigenvalue weighted by Crippen LogP contribution is -2.29. The average molecular weight is 146 g/mol. The number of nitrogens with zero attached hydrogens (tertiary/aromatic N) is 1. The van der Waals surface area contributed by atoms with Crippen molar-refractivity contribution in [3.05, 3.63) is 0 Å². The van der Waals surface area contributed by atoms with E-state index in [0.29, 0.717) is 0 Å². The molecule has 10 heavy (non-hydrogen) atoms. The van der Waals surface area contributed by atoms with Gasteiger partial charge < -0.3 is 15.7 Å². The highest BCUT2D eigenvalue weighted by molar-refractivity contribution is 4.55. The highest BCUT2D eigenvalue weighted by atomic mass is 16.3. The Kier molecular flexibility index (Phi) is 5.58. The average Bonchev–Trinajstić information content (AvgIpc) is 1.82. The molecule has 0 spiro atoms. The molecule has 3 N–H and O–H groups in total. The fourth-order valence-corrected chi connectivity index (χ4v) is 0.904. The molecule has 3 nitrogen and oxygen atoms in total. The van der Waals surface area contributed by atoms with Gasteiger partial charge >= 0.3 is 0 Å². The molecule has 0 aromatic heterocycles. The van der Waals surface area contributed by atoms with E-state index in [-0.39, 0.29) is 6.10 Å². The highest BCUT2D eigenvalue weighted by Crippen LogP contribution is 1.88. The van der Waals surface area contributed by atoms with E-state index in [2.05, 4.69) is 4.90 Å². The van der Waals surface area contributed by atoms with E-state index >= 15 is 0 Å². The van der Waals surface area contributed by atoms with Gasteiger partial charge in [-0.15, -0.1) is 0 Å². The zero-order chi connectivity index (χ0) is 7.98. The number of rotatable bonds is 5. The molecule has 0 rings (SSSR count). The molecule has 0 unspecified atom stereocenters. The van der Waals surface area contributed by atoms with Crippen molar-refractivity contribution in [2.24, 2.45) is 5.73 Å². The van der Waals surface area contributed by atoms with E-state index in [0.717, 1.165) is 26.1 Å². The zero-order valence-electron chi connectivity index (χ0n) is 6.88. The molecule has 0 aromatic rings.